The molecule has 23 heavy (non-hydrogen) atoms. The molecule has 1 fully saturated rings. The lowest BCUT2D eigenvalue weighted by Gasteiger charge is -2.41. The predicted molar refractivity (Wildman–Crippen MR) is 90.1 cm³/mol. The van der Waals surface area contributed by atoms with E-state index in [4.69, 9.17) is 16.3 Å². The molecule has 2 rings (SSSR count). The smallest absolute Gasteiger partial charge is 0.322 e. The van der Waals surface area contributed by atoms with Crippen LogP contribution in [0.3, 0.4) is 0 Å². The maximum Gasteiger partial charge on any atom is 0.322 e. The van der Waals surface area contributed by atoms with Crippen molar-refractivity contribution in [3.05, 3.63) is 28.8 Å². The average molecular weight is 340 g/mol. The second-order valence-corrected chi connectivity index (χ2v) is 6.68. The fourth-order valence-corrected chi connectivity index (χ4v) is 2.87. The molecule has 1 aromatic rings. The number of carbonyl (C=O) groups is 2. The van der Waals surface area contributed by atoms with Gasteiger partial charge >= 0.3 is 6.03 Å². The third-order valence-electron chi connectivity index (χ3n) is 3.55. The summed E-state index contributed by atoms with van der Waals surface area (Å²) in [4.78, 5) is 25.9. The molecule has 1 atom stereocenters. The molecule has 2 N–H and O–H groups in total. The van der Waals surface area contributed by atoms with Gasteiger partial charge in [-0.1, -0.05) is 11.6 Å². The first kappa shape index (κ1) is 17.6. The van der Waals surface area contributed by atoms with Crippen LogP contribution >= 0.6 is 11.6 Å². The van der Waals surface area contributed by atoms with Crippen LogP contribution in [0.25, 0.3) is 0 Å². The summed E-state index contributed by atoms with van der Waals surface area (Å²) < 4.78 is 5.79. The van der Waals surface area contributed by atoms with Crippen LogP contribution in [0.5, 0.6) is 0 Å². The lowest BCUT2D eigenvalue weighted by Crippen LogP contribution is -2.54. The number of halogens is 1. The lowest BCUT2D eigenvalue weighted by atomic mass is 10.1. The van der Waals surface area contributed by atoms with Gasteiger partial charge in [-0.2, -0.15) is 0 Å². The number of benzene rings is 1. The molecule has 1 saturated heterocycles. The van der Waals surface area contributed by atoms with Crippen molar-refractivity contribution in [2.45, 2.75) is 32.5 Å². The Kier molecular flexibility index (Phi) is 5.16. The monoisotopic (exact) mass is 339 g/mol. The van der Waals surface area contributed by atoms with Crippen molar-refractivity contribution in [3.63, 3.8) is 0 Å². The summed E-state index contributed by atoms with van der Waals surface area (Å²) in [5.74, 6) is -0.238. The summed E-state index contributed by atoms with van der Waals surface area (Å²) in [7, 11) is 1.55. The largest absolute Gasteiger partial charge is 0.369 e. The van der Waals surface area contributed by atoms with Crippen molar-refractivity contribution >= 4 is 29.2 Å². The zero-order valence-corrected chi connectivity index (χ0v) is 14.5. The van der Waals surface area contributed by atoms with E-state index in [1.165, 1.54) is 0 Å². The van der Waals surface area contributed by atoms with Gasteiger partial charge in [-0.3, -0.25) is 4.79 Å². The van der Waals surface area contributed by atoms with Crippen molar-refractivity contribution in [1.29, 1.82) is 0 Å². The number of nitrogens with one attached hydrogen (secondary N) is 2. The van der Waals surface area contributed by atoms with Crippen LogP contribution in [-0.2, 0) is 4.74 Å². The number of amides is 3. The Labute approximate surface area is 141 Å². The first-order valence-electron chi connectivity index (χ1n) is 7.47. The summed E-state index contributed by atoms with van der Waals surface area (Å²) in [6, 6.07) is 4.50. The van der Waals surface area contributed by atoms with E-state index in [-0.39, 0.29) is 18.0 Å². The number of nitrogens with zero attached hydrogens (tertiary/aromatic N) is 1. The molecule has 1 unspecified atom stereocenters. The topological polar surface area (TPSA) is 70.7 Å². The Morgan fingerprint density at radius 1 is 1.39 bits per heavy atom. The Morgan fingerprint density at radius 3 is 2.70 bits per heavy atom. The molecule has 6 nitrogen and oxygen atoms in total. The lowest BCUT2D eigenvalue weighted by molar-refractivity contribution is -0.116. The van der Waals surface area contributed by atoms with Crippen LogP contribution in [0.4, 0.5) is 10.5 Å². The number of carbonyl (C=O) groups excluding carboxylic acids is 2. The molecule has 0 aromatic heterocycles. The van der Waals surface area contributed by atoms with E-state index >= 15 is 0 Å². The molecule has 7 heteroatoms. The van der Waals surface area contributed by atoms with E-state index in [1.807, 2.05) is 20.8 Å². The third kappa shape index (κ3) is 4.36. The summed E-state index contributed by atoms with van der Waals surface area (Å²) in [6.45, 7) is 6.81. The van der Waals surface area contributed by atoms with Gasteiger partial charge < -0.3 is 20.3 Å². The minimum Gasteiger partial charge on any atom is -0.369 e. The minimum atomic E-state index is -0.400. The van der Waals surface area contributed by atoms with Crippen LogP contribution in [0, 0.1) is 0 Å². The van der Waals surface area contributed by atoms with Crippen molar-refractivity contribution in [2.24, 2.45) is 0 Å². The number of anilines is 1. The first-order valence-corrected chi connectivity index (χ1v) is 7.85. The quantitative estimate of drug-likeness (QED) is 0.870. The number of urea groups is 1. The van der Waals surface area contributed by atoms with Gasteiger partial charge in [-0.25, -0.2) is 4.79 Å². The van der Waals surface area contributed by atoms with Gasteiger partial charge in [0.15, 0.2) is 0 Å². The number of hydrogen-bond donors (Lipinski definition) is 2. The van der Waals surface area contributed by atoms with Gasteiger partial charge in [-0.05, 0) is 39.0 Å². The SMILES string of the molecule is CNC(=O)c1ccc(Cl)c(NC(=O)N2CC(C)OC(C)(C)C2)c1. The molecule has 126 valence electrons. The van der Waals surface area contributed by atoms with E-state index in [0.29, 0.717) is 29.4 Å². The van der Waals surface area contributed by atoms with Crippen molar-refractivity contribution in [3.8, 4) is 0 Å². The van der Waals surface area contributed by atoms with Gasteiger partial charge in [0, 0.05) is 19.2 Å². The van der Waals surface area contributed by atoms with E-state index in [2.05, 4.69) is 10.6 Å². The van der Waals surface area contributed by atoms with E-state index in [0.717, 1.165) is 0 Å². The standard InChI is InChI=1S/C16H22ClN3O3/c1-10-8-20(9-16(2,3)23-10)15(22)19-13-7-11(14(21)18-4)5-6-12(13)17/h5-7,10H,8-9H2,1-4H3,(H,18,21)(H,19,22). The zero-order valence-electron chi connectivity index (χ0n) is 13.8. The molecule has 0 radical (unpaired) electrons. The highest BCUT2D eigenvalue weighted by molar-refractivity contribution is 6.33. The number of rotatable bonds is 2. The van der Waals surface area contributed by atoms with Crippen LogP contribution in [0.1, 0.15) is 31.1 Å². The highest BCUT2D eigenvalue weighted by Gasteiger charge is 2.33. The molecule has 0 spiro atoms. The predicted octanol–water partition coefficient (Wildman–Crippen LogP) is 2.73. The van der Waals surface area contributed by atoms with Gasteiger partial charge in [-0.15, -0.1) is 0 Å². The Morgan fingerprint density at radius 2 is 2.09 bits per heavy atom. The van der Waals surface area contributed by atoms with Crippen LogP contribution < -0.4 is 10.6 Å². The molecule has 3 amide bonds. The fraction of sp³-hybridized carbons (Fsp3) is 0.500. The molecular weight excluding hydrogens is 318 g/mol. The molecular formula is C16H22ClN3O3. The molecule has 0 bridgehead atoms. The fourth-order valence-electron chi connectivity index (χ4n) is 2.71. The normalized spacial score (nSPS) is 20.0. The summed E-state index contributed by atoms with van der Waals surface area (Å²) in [5.41, 5.74) is 0.445. The second-order valence-electron chi connectivity index (χ2n) is 6.27. The zero-order chi connectivity index (χ0) is 17.2. The Balaban J connectivity index is 2.15. The maximum absolute atomic E-state index is 12.5. The number of ether oxygens (including phenoxy) is 1. The van der Waals surface area contributed by atoms with Crippen LogP contribution in [0.15, 0.2) is 18.2 Å². The average Bonchev–Trinajstić information content (AvgIpc) is 2.46. The summed E-state index contributed by atoms with van der Waals surface area (Å²) >= 11 is 6.12. The molecule has 0 saturated carbocycles. The maximum atomic E-state index is 12.5. The Bertz CT molecular complexity index is 619. The molecule has 0 aliphatic carbocycles. The highest BCUT2D eigenvalue weighted by Crippen LogP contribution is 2.25. The van der Waals surface area contributed by atoms with E-state index < -0.39 is 5.60 Å². The van der Waals surface area contributed by atoms with E-state index in [1.54, 1.807) is 30.1 Å². The van der Waals surface area contributed by atoms with Gasteiger partial charge in [0.05, 0.1) is 29.0 Å². The number of hydrogen-bond acceptors (Lipinski definition) is 3. The molecule has 1 aliphatic heterocycles. The highest BCUT2D eigenvalue weighted by atomic mass is 35.5. The minimum absolute atomic E-state index is 0.0443. The van der Waals surface area contributed by atoms with Gasteiger partial charge in [0.2, 0.25) is 0 Å². The van der Waals surface area contributed by atoms with Crippen LogP contribution in [-0.4, -0.2) is 48.7 Å². The van der Waals surface area contributed by atoms with Gasteiger partial charge in [0.25, 0.3) is 5.91 Å². The third-order valence-corrected chi connectivity index (χ3v) is 3.88. The van der Waals surface area contributed by atoms with Crippen molar-refractivity contribution < 1.29 is 14.3 Å². The van der Waals surface area contributed by atoms with Crippen molar-refractivity contribution in [1.82, 2.24) is 10.2 Å². The van der Waals surface area contributed by atoms with Gasteiger partial charge in [0.1, 0.15) is 0 Å². The van der Waals surface area contributed by atoms with Crippen LogP contribution in [0.2, 0.25) is 5.02 Å². The summed E-state index contributed by atoms with van der Waals surface area (Å²) in [5, 5.41) is 5.70. The Hall–Kier alpha value is -1.79. The first-order chi connectivity index (χ1) is 10.7. The second kappa shape index (κ2) is 6.76. The molecule has 1 aromatic carbocycles. The molecule has 1 aliphatic rings. The molecule has 1 heterocycles. The number of morpholine rings is 1. The van der Waals surface area contributed by atoms with Crippen molar-refractivity contribution in [2.75, 3.05) is 25.5 Å². The summed E-state index contributed by atoms with van der Waals surface area (Å²) in [6.07, 6.45) is -0.0443. The van der Waals surface area contributed by atoms with E-state index in [9.17, 15) is 9.59 Å².